The molecule has 0 aliphatic rings. The zero-order valence-corrected chi connectivity index (χ0v) is 25.1. The molecule has 203 valence electrons. The maximum atomic E-state index is 13.4. The van der Waals surface area contributed by atoms with Crippen LogP contribution in [0.2, 0.25) is 0 Å². The molecule has 1 aromatic heterocycles. The van der Waals surface area contributed by atoms with Gasteiger partial charge in [-0.1, -0.05) is 60.7 Å². The van der Waals surface area contributed by atoms with E-state index >= 15 is 0 Å². The van der Waals surface area contributed by atoms with Crippen molar-refractivity contribution >= 4 is 59.5 Å². The van der Waals surface area contributed by atoms with Crippen LogP contribution in [0.5, 0.6) is 0 Å². The van der Waals surface area contributed by atoms with Crippen LogP contribution in [-0.2, 0) is 17.9 Å². The van der Waals surface area contributed by atoms with E-state index in [1.807, 2.05) is 55.6 Å². The number of aliphatic carboxylic acids is 1. The van der Waals surface area contributed by atoms with E-state index in [1.54, 1.807) is 23.1 Å². The molecule has 3 aromatic carbocycles. The van der Waals surface area contributed by atoms with Crippen LogP contribution >= 0.6 is 23.1 Å². The Kier molecular flexibility index (Phi) is 12.0. The summed E-state index contributed by atoms with van der Waals surface area (Å²) in [5, 5.41) is 14.5. The summed E-state index contributed by atoms with van der Waals surface area (Å²) in [6, 6.07) is 25.5. The molecule has 2 N–H and O–H groups in total. The van der Waals surface area contributed by atoms with Gasteiger partial charge in [-0.15, -0.1) is 11.3 Å². The third-order valence-electron chi connectivity index (χ3n) is 6.74. The van der Waals surface area contributed by atoms with E-state index in [2.05, 4.69) is 58.9 Å². The minimum absolute atomic E-state index is 0. The van der Waals surface area contributed by atoms with Gasteiger partial charge in [-0.2, -0.15) is 11.8 Å². The molecule has 0 aliphatic carbocycles. The van der Waals surface area contributed by atoms with Gasteiger partial charge in [-0.25, -0.2) is 4.79 Å². The van der Waals surface area contributed by atoms with Crippen LogP contribution in [0.15, 0.2) is 84.2 Å². The number of aryl methyl sites for hydroxylation is 2. The standard InChI is InChI=1S/C32H34N2O3S2.Li/c1-22-9-7-8-12-26(22)28-19-25(13-14-27(28)31(35)33-29(32(36)37)15-17-38-3)21-34(30-16-18-39-23(30)2)20-24-10-5-4-6-11-24;/h4-14,16,18-19,29H,15,17,20-21H2,1-3H3,(H,33,35)(H,36,37);/t29-;/m0./s1. The van der Waals surface area contributed by atoms with Crippen LogP contribution in [0.3, 0.4) is 0 Å². The topological polar surface area (TPSA) is 69.6 Å². The summed E-state index contributed by atoms with van der Waals surface area (Å²) in [4.78, 5) is 28.9. The molecule has 1 radical (unpaired) electrons. The number of carbonyl (C=O) groups is 2. The first-order valence-electron chi connectivity index (χ1n) is 12.9. The minimum atomic E-state index is -1.02. The summed E-state index contributed by atoms with van der Waals surface area (Å²) in [5.41, 5.74) is 6.79. The smallest absolute Gasteiger partial charge is 0.326 e. The Morgan fingerprint density at radius 3 is 2.27 bits per heavy atom. The molecule has 5 nitrogen and oxygen atoms in total. The van der Waals surface area contributed by atoms with E-state index < -0.39 is 12.0 Å². The number of carbonyl (C=O) groups excluding carboxylic acids is 1. The van der Waals surface area contributed by atoms with Gasteiger partial charge in [0.1, 0.15) is 6.04 Å². The van der Waals surface area contributed by atoms with E-state index in [0.717, 1.165) is 28.8 Å². The number of anilines is 1. The van der Waals surface area contributed by atoms with Crippen molar-refractivity contribution in [3.63, 3.8) is 0 Å². The Morgan fingerprint density at radius 1 is 0.925 bits per heavy atom. The first kappa shape index (κ1) is 31.6. The van der Waals surface area contributed by atoms with E-state index in [1.165, 1.54) is 16.1 Å². The number of nitrogens with one attached hydrogen (secondary N) is 1. The van der Waals surface area contributed by atoms with Gasteiger partial charge in [-0.3, -0.25) is 4.79 Å². The number of rotatable bonds is 12. The molecule has 0 aliphatic heterocycles. The Balaban J connectivity index is 0.00000441. The van der Waals surface area contributed by atoms with Crippen molar-refractivity contribution < 1.29 is 14.7 Å². The molecular formula is C32H34LiN2O3S2. The van der Waals surface area contributed by atoms with Crippen molar-refractivity contribution in [2.45, 2.75) is 39.4 Å². The molecule has 0 saturated heterocycles. The van der Waals surface area contributed by atoms with Gasteiger partial charge in [0.05, 0.1) is 5.69 Å². The van der Waals surface area contributed by atoms with E-state index in [0.29, 0.717) is 24.3 Å². The molecule has 40 heavy (non-hydrogen) atoms. The number of hydrogen-bond acceptors (Lipinski definition) is 5. The van der Waals surface area contributed by atoms with Crippen molar-refractivity contribution in [2.24, 2.45) is 0 Å². The number of thioether (sulfide) groups is 1. The average molecular weight is 566 g/mol. The van der Waals surface area contributed by atoms with Gasteiger partial charge < -0.3 is 15.3 Å². The average Bonchev–Trinajstić information content (AvgIpc) is 3.37. The zero-order chi connectivity index (χ0) is 27.8. The second-order valence-corrected chi connectivity index (χ2v) is 11.7. The largest absolute Gasteiger partial charge is 0.480 e. The number of thiophene rings is 1. The molecular weight excluding hydrogens is 531 g/mol. The Labute approximate surface area is 257 Å². The van der Waals surface area contributed by atoms with Crippen molar-refractivity contribution in [2.75, 3.05) is 16.9 Å². The van der Waals surface area contributed by atoms with Gasteiger partial charge in [0.2, 0.25) is 0 Å². The third kappa shape index (κ3) is 8.05. The van der Waals surface area contributed by atoms with Crippen molar-refractivity contribution in [1.29, 1.82) is 0 Å². The number of nitrogens with zero attached hydrogens (tertiary/aromatic N) is 1. The summed E-state index contributed by atoms with van der Waals surface area (Å²) in [5.74, 6) is -0.739. The van der Waals surface area contributed by atoms with Crippen LogP contribution in [-0.4, -0.2) is 53.9 Å². The summed E-state index contributed by atoms with van der Waals surface area (Å²) in [7, 11) is 0. The molecule has 0 unspecified atom stereocenters. The van der Waals surface area contributed by atoms with Crippen molar-refractivity contribution in [3.8, 4) is 11.1 Å². The number of carboxylic acids is 1. The second-order valence-electron chi connectivity index (χ2n) is 9.54. The van der Waals surface area contributed by atoms with E-state index in [4.69, 9.17) is 0 Å². The zero-order valence-electron chi connectivity index (χ0n) is 23.5. The van der Waals surface area contributed by atoms with Gasteiger partial charge in [0.15, 0.2) is 0 Å². The molecule has 4 aromatic rings. The predicted octanol–water partition coefficient (Wildman–Crippen LogP) is 6.79. The summed E-state index contributed by atoms with van der Waals surface area (Å²) >= 11 is 3.29. The third-order valence-corrected chi connectivity index (χ3v) is 8.22. The van der Waals surface area contributed by atoms with Crippen LogP contribution in [0, 0.1) is 13.8 Å². The first-order chi connectivity index (χ1) is 18.9. The Morgan fingerprint density at radius 2 is 1.62 bits per heavy atom. The van der Waals surface area contributed by atoms with Gasteiger partial charge >= 0.3 is 5.97 Å². The van der Waals surface area contributed by atoms with Crippen molar-refractivity contribution in [1.82, 2.24) is 5.32 Å². The number of amides is 1. The summed E-state index contributed by atoms with van der Waals surface area (Å²) < 4.78 is 0. The Bertz CT molecular complexity index is 1420. The maximum Gasteiger partial charge on any atom is 0.326 e. The van der Waals surface area contributed by atoms with Crippen LogP contribution < -0.4 is 10.2 Å². The monoisotopic (exact) mass is 565 g/mol. The maximum absolute atomic E-state index is 13.4. The molecule has 0 spiro atoms. The van der Waals surface area contributed by atoms with Crippen LogP contribution in [0.4, 0.5) is 5.69 Å². The fourth-order valence-corrected chi connectivity index (χ4v) is 5.86. The summed E-state index contributed by atoms with van der Waals surface area (Å²) in [6.45, 7) is 5.59. The summed E-state index contributed by atoms with van der Waals surface area (Å²) in [6.07, 6.45) is 2.29. The molecule has 4 rings (SSSR count). The molecule has 0 fully saturated rings. The molecule has 8 heteroatoms. The minimum Gasteiger partial charge on any atom is -0.480 e. The van der Waals surface area contributed by atoms with Crippen molar-refractivity contribution in [3.05, 3.63) is 111 Å². The van der Waals surface area contributed by atoms with Gasteiger partial charge in [0.25, 0.3) is 5.91 Å². The van der Waals surface area contributed by atoms with Gasteiger partial charge in [0, 0.05) is 42.4 Å². The van der Waals surface area contributed by atoms with Crippen LogP contribution in [0.25, 0.3) is 11.1 Å². The van der Waals surface area contributed by atoms with E-state index in [9.17, 15) is 14.7 Å². The predicted molar refractivity (Wildman–Crippen MR) is 170 cm³/mol. The number of carboxylic acid groups (broad SMARTS) is 1. The first-order valence-corrected chi connectivity index (χ1v) is 15.2. The van der Waals surface area contributed by atoms with E-state index in [-0.39, 0.29) is 24.8 Å². The molecule has 1 atom stereocenters. The fraction of sp³-hybridized carbons (Fsp3) is 0.250. The number of benzene rings is 3. The molecule has 1 heterocycles. The SMILES string of the molecule is CSCC[C@H](NC(=O)c1ccc(CN(Cc2ccccc2)c2ccsc2C)cc1-c1ccccc1C)C(=O)O.[Li]. The molecule has 0 saturated carbocycles. The van der Waals surface area contributed by atoms with Gasteiger partial charge in [-0.05, 0) is 83.7 Å². The molecule has 0 bridgehead atoms. The Hall–Kier alpha value is -2.95. The van der Waals surface area contributed by atoms with Crippen LogP contribution in [0.1, 0.15) is 38.3 Å². The second kappa shape index (κ2) is 15.2. The molecule has 1 amide bonds. The quantitative estimate of drug-likeness (QED) is 0.185. The number of hydrogen-bond donors (Lipinski definition) is 2. The normalized spacial score (nSPS) is 11.4. The fourth-order valence-electron chi connectivity index (χ4n) is 4.67.